The molecule has 0 bridgehead atoms. The number of nitrogens with zero attached hydrogens (tertiary/aromatic N) is 2. The van der Waals surface area contributed by atoms with Gasteiger partial charge in [0.15, 0.2) is 5.75 Å². The van der Waals surface area contributed by atoms with Gasteiger partial charge in [0.25, 0.3) is 10.1 Å². The van der Waals surface area contributed by atoms with Gasteiger partial charge in [-0.05, 0) is 61.9 Å². The maximum absolute atomic E-state index is 11.7. The molecule has 0 saturated heterocycles. The summed E-state index contributed by atoms with van der Waals surface area (Å²) in [5.41, 5.74) is 4.61. The fraction of sp³-hybridized carbons (Fsp3) is 0.200. The van der Waals surface area contributed by atoms with Crippen molar-refractivity contribution in [1.82, 2.24) is 0 Å². The van der Waals surface area contributed by atoms with Gasteiger partial charge < -0.3 is 5.11 Å². The number of hydrogen-bond donors (Lipinski definition) is 2. The van der Waals surface area contributed by atoms with E-state index in [1.807, 2.05) is 45.9 Å². The Morgan fingerprint density at radius 2 is 1.52 bits per heavy atom. The summed E-state index contributed by atoms with van der Waals surface area (Å²) < 4.78 is 32.8. The van der Waals surface area contributed by atoms with Gasteiger partial charge in [-0.3, -0.25) is 4.55 Å². The van der Waals surface area contributed by atoms with E-state index >= 15 is 0 Å². The highest BCUT2D eigenvalue weighted by atomic mass is 32.2. The van der Waals surface area contributed by atoms with E-state index in [1.54, 1.807) is 12.1 Å². The highest BCUT2D eigenvalue weighted by Crippen LogP contribution is 2.41. The minimum atomic E-state index is -4.62. The van der Waals surface area contributed by atoms with Crippen LogP contribution in [0.3, 0.4) is 0 Å². The normalized spacial score (nSPS) is 12.2. The molecule has 27 heavy (non-hydrogen) atoms. The second-order valence-electron chi connectivity index (χ2n) is 6.69. The molecule has 0 aliphatic rings. The highest BCUT2D eigenvalue weighted by molar-refractivity contribution is 7.86. The number of phenolic OH excluding ortho intramolecular Hbond substituents is 1. The summed E-state index contributed by atoms with van der Waals surface area (Å²) in [7, 11) is -4.62. The summed E-state index contributed by atoms with van der Waals surface area (Å²) in [6, 6.07) is 10.4. The molecule has 2 N–H and O–H groups in total. The molecule has 0 radical (unpaired) electrons. The third-order valence-electron chi connectivity index (χ3n) is 4.55. The Bertz CT molecular complexity index is 1200. The number of rotatable bonds is 3. The van der Waals surface area contributed by atoms with Crippen molar-refractivity contribution in [2.24, 2.45) is 10.2 Å². The lowest BCUT2D eigenvalue weighted by atomic mass is 10.1. The Balaban J connectivity index is 2.27. The molecule has 0 aromatic heterocycles. The van der Waals surface area contributed by atoms with E-state index in [4.69, 9.17) is 0 Å². The fourth-order valence-corrected chi connectivity index (χ4v) is 3.54. The van der Waals surface area contributed by atoms with Crippen LogP contribution in [0.2, 0.25) is 0 Å². The second-order valence-corrected chi connectivity index (χ2v) is 8.08. The Morgan fingerprint density at radius 1 is 0.852 bits per heavy atom. The number of aromatic hydroxyl groups is 1. The Morgan fingerprint density at radius 3 is 2.19 bits per heavy atom. The lowest BCUT2D eigenvalue weighted by Crippen LogP contribution is -1.99. The van der Waals surface area contributed by atoms with Gasteiger partial charge in [-0.2, -0.15) is 13.5 Å². The average Bonchev–Trinajstić information content (AvgIpc) is 2.57. The number of phenols is 1. The van der Waals surface area contributed by atoms with Crippen LogP contribution >= 0.6 is 0 Å². The molecule has 140 valence electrons. The molecular weight excluding hydrogens is 364 g/mol. The molecule has 0 aliphatic carbocycles. The first-order chi connectivity index (χ1) is 12.6. The van der Waals surface area contributed by atoms with Crippen molar-refractivity contribution in [2.75, 3.05) is 0 Å². The van der Waals surface area contributed by atoms with Crippen LogP contribution in [0.4, 0.5) is 11.4 Å². The van der Waals surface area contributed by atoms with Gasteiger partial charge in [0.2, 0.25) is 0 Å². The predicted octanol–water partition coefficient (Wildman–Crippen LogP) is 5.44. The summed E-state index contributed by atoms with van der Waals surface area (Å²) in [4.78, 5) is -0.591. The van der Waals surface area contributed by atoms with Crippen molar-refractivity contribution < 1.29 is 18.1 Å². The third kappa shape index (κ3) is 3.70. The van der Waals surface area contributed by atoms with Crippen molar-refractivity contribution in [3.05, 3.63) is 58.7 Å². The molecular formula is C20H20N2O4S. The van der Waals surface area contributed by atoms with Crippen LogP contribution in [-0.4, -0.2) is 18.1 Å². The molecule has 0 saturated carbocycles. The first-order valence-corrected chi connectivity index (χ1v) is 9.75. The zero-order valence-electron chi connectivity index (χ0n) is 15.5. The molecule has 0 fully saturated rings. The zero-order valence-corrected chi connectivity index (χ0v) is 16.3. The van der Waals surface area contributed by atoms with E-state index in [9.17, 15) is 18.1 Å². The maximum Gasteiger partial charge on any atom is 0.298 e. The minimum Gasteiger partial charge on any atom is -0.504 e. The van der Waals surface area contributed by atoms with Crippen LogP contribution in [-0.2, 0) is 10.1 Å². The standard InChI is InChI=1S/C20H20N2O4S/c1-11-5-6-16-15(7-11)10-18(27(24,25)26)20(23)19(16)22-21-17-9-13(3)12(2)8-14(17)4/h5-10,23H,1-4H3,(H,24,25,26)/b22-21+. The minimum absolute atomic E-state index is 0.00208. The van der Waals surface area contributed by atoms with E-state index < -0.39 is 20.8 Å². The molecule has 0 spiro atoms. The van der Waals surface area contributed by atoms with Crippen molar-refractivity contribution in [1.29, 1.82) is 0 Å². The molecule has 0 amide bonds. The maximum atomic E-state index is 11.7. The van der Waals surface area contributed by atoms with E-state index in [-0.39, 0.29) is 5.69 Å². The quantitative estimate of drug-likeness (QED) is 0.464. The lowest BCUT2D eigenvalue weighted by Gasteiger charge is -2.10. The molecule has 0 atom stereocenters. The largest absolute Gasteiger partial charge is 0.504 e. The smallest absolute Gasteiger partial charge is 0.298 e. The topological polar surface area (TPSA) is 99.3 Å². The summed E-state index contributed by atoms with van der Waals surface area (Å²) in [6.07, 6.45) is 0. The summed E-state index contributed by atoms with van der Waals surface area (Å²) in [5.74, 6) is -0.626. The highest BCUT2D eigenvalue weighted by Gasteiger charge is 2.21. The SMILES string of the molecule is Cc1ccc2c(/N=N/c3cc(C)c(C)cc3C)c(O)c(S(=O)(=O)O)cc2c1. The van der Waals surface area contributed by atoms with Crippen molar-refractivity contribution in [3.8, 4) is 5.75 Å². The molecule has 7 heteroatoms. The van der Waals surface area contributed by atoms with Gasteiger partial charge in [-0.15, -0.1) is 5.11 Å². The molecule has 6 nitrogen and oxygen atoms in total. The van der Waals surface area contributed by atoms with Gasteiger partial charge >= 0.3 is 0 Å². The van der Waals surface area contributed by atoms with E-state index in [0.29, 0.717) is 16.5 Å². The third-order valence-corrected chi connectivity index (χ3v) is 5.42. The number of hydrogen-bond acceptors (Lipinski definition) is 5. The number of benzene rings is 3. The Hall–Kier alpha value is -2.77. The van der Waals surface area contributed by atoms with E-state index in [0.717, 1.165) is 22.3 Å². The van der Waals surface area contributed by atoms with E-state index in [2.05, 4.69) is 10.2 Å². The van der Waals surface area contributed by atoms with Crippen LogP contribution in [0.25, 0.3) is 10.8 Å². The first-order valence-electron chi connectivity index (χ1n) is 8.31. The monoisotopic (exact) mass is 384 g/mol. The summed E-state index contributed by atoms with van der Waals surface area (Å²) in [5, 5.41) is 19.9. The number of fused-ring (bicyclic) bond motifs is 1. The Kier molecular flexibility index (Phi) is 4.75. The van der Waals surface area contributed by atoms with Crippen LogP contribution in [0.1, 0.15) is 22.3 Å². The molecule has 3 aromatic rings. The second kappa shape index (κ2) is 6.75. The van der Waals surface area contributed by atoms with Crippen molar-refractivity contribution in [2.45, 2.75) is 32.6 Å². The molecule has 0 heterocycles. The van der Waals surface area contributed by atoms with Gasteiger partial charge in [-0.25, -0.2) is 0 Å². The molecule has 3 aromatic carbocycles. The van der Waals surface area contributed by atoms with Crippen molar-refractivity contribution in [3.63, 3.8) is 0 Å². The van der Waals surface area contributed by atoms with Crippen LogP contribution in [0.5, 0.6) is 5.75 Å². The summed E-state index contributed by atoms with van der Waals surface area (Å²) in [6.45, 7) is 7.72. The van der Waals surface area contributed by atoms with Gasteiger partial charge in [0.05, 0.1) is 5.69 Å². The number of aryl methyl sites for hydroxylation is 4. The average molecular weight is 384 g/mol. The predicted molar refractivity (Wildman–Crippen MR) is 105 cm³/mol. The van der Waals surface area contributed by atoms with Crippen LogP contribution in [0, 0.1) is 27.7 Å². The Labute approximate surface area is 157 Å². The van der Waals surface area contributed by atoms with E-state index in [1.165, 1.54) is 6.07 Å². The van der Waals surface area contributed by atoms with Gasteiger partial charge in [0, 0.05) is 5.39 Å². The first kappa shape index (κ1) is 19.0. The van der Waals surface area contributed by atoms with Crippen LogP contribution in [0.15, 0.2) is 51.5 Å². The molecule has 0 unspecified atom stereocenters. The molecule has 0 aliphatic heterocycles. The lowest BCUT2D eigenvalue weighted by molar-refractivity contribution is 0.445. The summed E-state index contributed by atoms with van der Waals surface area (Å²) >= 11 is 0. The van der Waals surface area contributed by atoms with Gasteiger partial charge in [0.1, 0.15) is 10.6 Å². The van der Waals surface area contributed by atoms with Crippen LogP contribution < -0.4 is 0 Å². The fourth-order valence-electron chi connectivity index (χ4n) is 2.93. The van der Waals surface area contributed by atoms with Gasteiger partial charge in [-0.1, -0.05) is 29.8 Å². The number of azo groups is 1. The molecule has 3 rings (SSSR count). The zero-order chi connectivity index (χ0) is 19.9. The van der Waals surface area contributed by atoms with Crippen molar-refractivity contribution >= 4 is 32.3 Å².